The number of fused-ring (bicyclic) bond motifs is 1. The maximum Gasteiger partial charge on any atom is 0.165 e. The van der Waals surface area contributed by atoms with Gasteiger partial charge in [-0.15, -0.1) is 0 Å². The Morgan fingerprint density at radius 2 is 1.74 bits per heavy atom. The second-order valence-electron chi connectivity index (χ2n) is 9.75. The largest absolute Gasteiger partial charge is 0.368 e. The summed E-state index contributed by atoms with van der Waals surface area (Å²) in [5.41, 5.74) is 3.55. The molecule has 0 bridgehead atoms. The average Bonchev–Trinajstić information content (AvgIpc) is 3.21. The van der Waals surface area contributed by atoms with Crippen LogP contribution in [0.1, 0.15) is 48.7 Å². The van der Waals surface area contributed by atoms with Crippen LogP contribution in [0.15, 0.2) is 42.6 Å². The van der Waals surface area contributed by atoms with Gasteiger partial charge in [0.2, 0.25) is 0 Å². The number of carbonyl (C=O) groups is 1. The molecule has 0 radical (unpaired) electrons. The molecule has 1 saturated heterocycles. The van der Waals surface area contributed by atoms with Crippen molar-refractivity contribution < 1.29 is 4.79 Å². The predicted molar refractivity (Wildman–Crippen MR) is 136 cm³/mol. The molecule has 176 valence electrons. The van der Waals surface area contributed by atoms with Crippen molar-refractivity contribution in [3.63, 3.8) is 0 Å². The van der Waals surface area contributed by atoms with Gasteiger partial charge < -0.3 is 19.7 Å². The summed E-state index contributed by atoms with van der Waals surface area (Å²) >= 11 is 0. The molecule has 1 aliphatic carbocycles. The lowest BCUT2D eigenvalue weighted by Gasteiger charge is -2.37. The molecule has 3 heterocycles. The van der Waals surface area contributed by atoms with Crippen molar-refractivity contribution in [3.8, 4) is 6.07 Å². The minimum Gasteiger partial charge on any atom is -0.368 e. The average molecular weight is 457 g/mol. The maximum absolute atomic E-state index is 12.2. The van der Waals surface area contributed by atoms with Gasteiger partial charge in [-0.3, -0.25) is 4.79 Å². The van der Waals surface area contributed by atoms with Crippen molar-refractivity contribution in [1.29, 1.82) is 5.26 Å². The molecule has 1 N–H and O–H groups in total. The van der Waals surface area contributed by atoms with E-state index in [-0.39, 0.29) is 11.7 Å². The first-order chi connectivity index (χ1) is 16.5. The van der Waals surface area contributed by atoms with Crippen molar-refractivity contribution in [3.05, 3.63) is 53.7 Å². The molecule has 2 aromatic heterocycles. The fraction of sp³-hybridized carbons (Fsp3) is 0.444. The number of ketones is 1. The Labute approximate surface area is 201 Å². The van der Waals surface area contributed by atoms with E-state index in [9.17, 15) is 10.1 Å². The number of nitrogens with one attached hydrogen (secondary N) is 1. The molecular weight excluding hydrogens is 424 g/mol. The van der Waals surface area contributed by atoms with Gasteiger partial charge in [0.15, 0.2) is 5.78 Å². The first-order valence-corrected chi connectivity index (χ1v) is 12.2. The fourth-order valence-electron chi connectivity index (χ4n) is 5.07. The number of carbonyl (C=O) groups excluding carboxylic acids is 1. The van der Waals surface area contributed by atoms with E-state index in [4.69, 9.17) is 4.98 Å². The summed E-state index contributed by atoms with van der Waals surface area (Å²) in [6.07, 6.45) is 4.11. The van der Waals surface area contributed by atoms with Gasteiger partial charge >= 0.3 is 0 Å². The van der Waals surface area contributed by atoms with Crippen LogP contribution in [0, 0.1) is 17.2 Å². The normalized spacial score (nSPS) is 20.4. The van der Waals surface area contributed by atoms with Crippen LogP contribution in [0.3, 0.4) is 0 Å². The van der Waals surface area contributed by atoms with Crippen molar-refractivity contribution >= 4 is 28.3 Å². The molecule has 34 heavy (non-hydrogen) atoms. The number of Topliss-reactive ketones (excluding diaryl/α,β-unsaturated/α-hetero) is 1. The zero-order valence-electron chi connectivity index (χ0n) is 20.2. The maximum atomic E-state index is 12.2. The molecule has 2 aliphatic rings. The summed E-state index contributed by atoms with van der Waals surface area (Å²) in [6.45, 7) is 7.42. The summed E-state index contributed by atoms with van der Waals surface area (Å²) in [5.74, 6) is 1.17. The van der Waals surface area contributed by atoms with Crippen LogP contribution in [0.25, 0.3) is 11.0 Å². The number of piperazine rings is 1. The van der Waals surface area contributed by atoms with E-state index in [0.29, 0.717) is 17.6 Å². The Morgan fingerprint density at radius 3 is 2.35 bits per heavy atom. The highest BCUT2D eigenvalue weighted by molar-refractivity contribution is 5.97. The lowest BCUT2D eigenvalue weighted by molar-refractivity contribution is 0.0939. The highest BCUT2D eigenvalue weighted by Crippen LogP contribution is 2.36. The standard InChI is InChI=1S/C27H32N6O/c1-18(2)26(34)19-4-6-22(7-5-19)31-10-12-32(13-11-31)25-9-8-24-20(16-28)17-33(27(24)30-25)23-14-21(15-23)29-3/h4-9,17-18,21,23,29H,10-15H2,1-3H3. The zero-order valence-corrected chi connectivity index (χ0v) is 20.2. The highest BCUT2D eigenvalue weighted by Gasteiger charge is 2.31. The molecular formula is C27H32N6O. The number of nitrogens with zero attached hydrogens (tertiary/aromatic N) is 5. The summed E-state index contributed by atoms with van der Waals surface area (Å²) in [5, 5.41) is 13.9. The van der Waals surface area contributed by atoms with Crippen LogP contribution in [0.4, 0.5) is 11.5 Å². The van der Waals surface area contributed by atoms with E-state index >= 15 is 0 Å². The van der Waals surface area contributed by atoms with Gasteiger partial charge in [-0.25, -0.2) is 4.98 Å². The van der Waals surface area contributed by atoms with E-state index in [1.54, 1.807) is 0 Å². The van der Waals surface area contributed by atoms with Crippen LogP contribution < -0.4 is 15.1 Å². The lowest BCUT2D eigenvalue weighted by atomic mass is 9.87. The molecule has 0 amide bonds. The SMILES string of the molecule is CNC1CC(n2cc(C#N)c3ccc(N4CCN(c5ccc(C(=O)C(C)C)cc5)CC4)nc32)C1. The molecule has 2 fully saturated rings. The molecule has 3 aromatic rings. The van der Waals surface area contributed by atoms with Gasteiger partial charge in [0.25, 0.3) is 0 Å². The smallest absolute Gasteiger partial charge is 0.165 e. The first kappa shape index (κ1) is 22.4. The van der Waals surface area contributed by atoms with E-state index in [0.717, 1.165) is 67.1 Å². The summed E-state index contributed by atoms with van der Waals surface area (Å²) in [6, 6.07) is 15.4. The van der Waals surface area contributed by atoms with E-state index in [2.05, 4.69) is 44.0 Å². The second kappa shape index (κ2) is 9.11. The van der Waals surface area contributed by atoms with Gasteiger partial charge in [0, 0.05) is 67.0 Å². The summed E-state index contributed by atoms with van der Waals surface area (Å²) in [7, 11) is 2.00. The minimum atomic E-state index is 0.0126. The Kier molecular flexibility index (Phi) is 6.01. The van der Waals surface area contributed by atoms with Gasteiger partial charge in [-0.1, -0.05) is 13.8 Å². The highest BCUT2D eigenvalue weighted by atomic mass is 16.1. The number of hydrogen-bond donors (Lipinski definition) is 1. The van der Waals surface area contributed by atoms with E-state index < -0.39 is 0 Å². The number of benzene rings is 1. The fourth-order valence-corrected chi connectivity index (χ4v) is 5.07. The van der Waals surface area contributed by atoms with Crippen LogP contribution in [-0.2, 0) is 0 Å². The molecule has 7 nitrogen and oxygen atoms in total. The number of pyridine rings is 1. The van der Waals surface area contributed by atoms with Crippen molar-refractivity contribution in [1.82, 2.24) is 14.9 Å². The van der Waals surface area contributed by atoms with Crippen molar-refractivity contribution in [2.45, 2.75) is 38.8 Å². The second-order valence-corrected chi connectivity index (χ2v) is 9.75. The van der Waals surface area contributed by atoms with Gasteiger partial charge in [0.05, 0.1) is 5.56 Å². The molecule has 1 saturated carbocycles. The third kappa shape index (κ3) is 4.03. The van der Waals surface area contributed by atoms with E-state index in [1.807, 2.05) is 45.3 Å². The quantitative estimate of drug-likeness (QED) is 0.565. The Bertz CT molecular complexity index is 1220. The Hall–Kier alpha value is -3.37. The lowest BCUT2D eigenvalue weighted by Crippen LogP contribution is -2.46. The first-order valence-electron chi connectivity index (χ1n) is 12.2. The molecule has 5 rings (SSSR count). The molecule has 0 unspecified atom stereocenters. The third-order valence-electron chi connectivity index (χ3n) is 7.34. The summed E-state index contributed by atoms with van der Waals surface area (Å²) < 4.78 is 2.21. The van der Waals surface area contributed by atoms with Gasteiger partial charge in [-0.2, -0.15) is 5.26 Å². The van der Waals surface area contributed by atoms with Crippen LogP contribution >= 0.6 is 0 Å². The van der Waals surface area contributed by atoms with Crippen molar-refractivity contribution in [2.24, 2.45) is 5.92 Å². The van der Waals surface area contributed by atoms with Crippen LogP contribution in [-0.4, -0.2) is 54.6 Å². The monoisotopic (exact) mass is 456 g/mol. The van der Waals surface area contributed by atoms with Crippen molar-refractivity contribution in [2.75, 3.05) is 43.0 Å². The number of rotatable bonds is 6. The zero-order chi connectivity index (χ0) is 23.8. The molecule has 0 atom stereocenters. The molecule has 0 spiro atoms. The predicted octanol–water partition coefficient (Wildman–Crippen LogP) is 4.00. The molecule has 1 aromatic carbocycles. The van der Waals surface area contributed by atoms with Gasteiger partial charge in [0.1, 0.15) is 17.5 Å². The van der Waals surface area contributed by atoms with Crippen LogP contribution in [0.2, 0.25) is 0 Å². The number of aromatic nitrogens is 2. The Balaban J connectivity index is 1.30. The molecule has 7 heteroatoms. The number of hydrogen-bond acceptors (Lipinski definition) is 6. The topological polar surface area (TPSA) is 77.2 Å². The van der Waals surface area contributed by atoms with Crippen LogP contribution in [0.5, 0.6) is 0 Å². The third-order valence-corrected chi connectivity index (χ3v) is 7.34. The summed E-state index contributed by atoms with van der Waals surface area (Å²) in [4.78, 5) is 21.9. The number of anilines is 2. The van der Waals surface area contributed by atoms with E-state index in [1.165, 1.54) is 0 Å². The minimum absolute atomic E-state index is 0.0126. The number of nitriles is 1. The van der Waals surface area contributed by atoms with Gasteiger partial charge in [-0.05, 0) is 56.3 Å². The molecule has 1 aliphatic heterocycles. The Morgan fingerprint density at radius 1 is 1.06 bits per heavy atom.